The number of hydrogen-bond acceptors (Lipinski definition) is 4. The largest absolute Gasteiger partial charge is 0.491 e. The van der Waals surface area contributed by atoms with Crippen LogP contribution in [0, 0.1) is 13.8 Å². The fourth-order valence-electron chi connectivity index (χ4n) is 3.47. The molecule has 2 rings (SSSR count). The highest BCUT2D eigenvalue weighted by atomic mass is 16.5. The Bertz CT molecular complexity index is 867. The molecule has 0 radical (unpaired) electrons. The molecule has 2 aromatic carbocycles. The molecule has 0 saturated carbocycles. The van der Waals surface area contributed by atoms with Crippen LogP contribution in [0.3, 0.4) is 0 Å². The third kappa shape index (κ3) is 5.94. The summed E-state index contributed by atoms with van der Waals surface area (Å²) in [5.41, 5.74) is 7.39. The van der Waals surface area contributed by atoms with Gasteiger partial charge in [-0.15, -0.1) is 0 Å². The van der Waals surface area contributed by atoms with Crippen molar-refractivity contribution in [3.63, 3.8) is 0 Å². The van der Waals surface area contributed by atoms with Crippen molar-refractivity contribution < 1.29 is 19.4 Å². The van der Waals surface area contributed by atoms with Crippen LogP contribution >= 0.6 is 0 Å². The smallest absolute Gasteiger partial charge is 0.333 e. The first-order valence-electron chi connectivity index (χ1n) is 10.2. The topological polar surface area (TPSA) is 55.8 Å². The van der Waals surface area contributed by atoms with Gasteiger partial charge in [0.1, 0.15) is 12.4 Å². The van der Waals surface area contributed by atoms with Gasteiger partial charge in [0.2, 0.25) is 0 Å². The van der Waals surface area contributed by atoms with E-state index in [-0.39, 0.29) is 25.8 Å². The minimum absolute atomic E-state index is 0.0527. The van der Waals surface area contributed by atoms with Gasteiger partial charge in [0, 0.05) is 17.6 Å². The number of esters is 1. The van der Waals surface area contributed by atoms with Gasteiger partial charge in [-0.25, -0.2) is 4.79 Å². The van der Waals surface area contributed by atoms with E-state index in [9.17, 15) is 4.79 Å². The average Bonchev–Trinajstić information content (AvgIpc) is 2.68. The zero-order chi connectivity index (χ0) is 21.4. The highest BCUT2D eigenvalue weighted by Crippen LogP contribution is 2.34. The van der Waals surface area contributed by atoms with Crippen molar-refractivity contribution in [3.05, 3.63) is 64.7 Å². The summed E-state index contributed by atoms with van der Waals surface area (Å²) in [6, 6.07) is 10.6. The number of benzene rings is 2. The van der Waals surface area contributed by atoms with Crippen molar-refractivity contribution in [3.8, 4) is 16.9 Å². The van der Waals surface area contributed by atoms with Crippen LogP contribution in [0.2, 0.25) is 0 Å². The zero-order valence-corrected chi connectivity index (χ0v) is 18.0. The summed E-state index contributed by atoms with van der Waals surface area (Å²) in [6.45, 7) is 12.1. The van der Waals surface area contributed by atoms with E-state index >= 15 is 0 Å². The predicted octanol–water partition coefficient (Wildman–Crippen LogP) is 4.96. The third-order valence-electron chi connectivity index (χ3n) is 4.96. The van der Waals surface area contributed by atoms with Crippen LogP contribution in [0.1, 0.15) is 42.5 Å². The van der Waals surface area contributed by atoms with E-state index in [1.165, 1.54) is 16.7 Å². The molecule has 0 bridgehead atoms. The summed E-state index contributed by atoms with van der Waals surface area (Å²) >= 11 is 0. The maximum absolute atomic E-state index is 11.7. The number of aliphatic hydroxyl groups excluding tert-OH is 1. The van der Waals surface area contributed by atoms with Crippen molar-refractivity contribution in [2.75, 3.05) is 19.8 Å². The molecule has 0 amide bonds. The molecule has 0 aromatic heterocycles. The molecule has 29 heavy (non-hydrogen) atoms. The maximum atomic E-state index is 11.7. The molecular formula is C25H32O4. The molecule has 4 nitrogen and oxygen atoms in total. The second kappa shape index (κ2) is 10.8. The van der Waals surface area contributed by atoms with E-state index in [1.54, 1.807) is 6.92 Å². The molecule has 4 heteroatoms. The van der Waals surface area contributed by atoms with Gasteiger partial charge in [-0.3, -0.25) is 0 Å². The lowest BCUT2D eigenvalue weighted by Crippen LogP contribution is -2.11. The van der Waals surface area contributed by atoms with E-state index in [1.807, 2.05) is 6.07 Å². The van der Waals surface area contributed by atoms with Crippen LogP contribution < -0.4 is 4.74 Å². The molecule has 0 spiro atoms. The van der Waals surface area contributed by atoms with Crippen LogP contribution in [0.25, 0.3) is 11.1 Å². The Morgan fingerprint density at radius 3 is 2.41 bits per heavy atom. The van der Waals surface area contributed by atoms with Crippen molar-refractivity contribution >= 4 is 5.97 Å². The fraction of sp³-hybridized carbons (Fsp3) is 0.400. The monoisotopic (exact) mass is 396 g/mol. The van der Waals surface area contributed by atoms with E-state index in [0.717, 1.165) is 29.5 Å². The van der Waals surface area contributed by atoms with Crippen LogP contribution in [-0.4, -0.2) is 30.9 Å². The average molecular weight is 397 g/mol. The van der Waals surface area contributed by atoms with Crippen LogP contribution in [0.15, 0.2) is 42.5 Å². The molecule has 2 aromatic rings. The lowest BCUT2D eigenvalue weighted by Gasteiger charge is -2.18. The molecule has 156 valence electrons. The molecule has 0 aliphatic heterocycles. The lowest BCUT2D eigenvalue weighted by atomic mass is 9.91. The molecule has 0 aliphatic carbocycles. The van der Waals surface area contributed by atoms with E-state index in [2.05, 4.69) is 51.6 Å². The Balaban J connectivity index is 2.37. The molecule has 0 saturated heterocycles. The van der Waals surface area contributed by atoms with Crippen LogP contribution in [0.5, 0.6) is 5.75 Å². The number of hydrogen-bond donors (Lipinski definition) is 1. The zero-order valence-electron chi connectivity index (χ0n) is 18.0. The Morgan fingerprint density at radius 1 is 1.07 bits per heavy atom. The number of aliphatic hydroxyl groups is 1. The summed E-state index contributed by atoms with van der Waals surface area (Å²) in [4.78, 5) is 11.7. The van der Waals surface area contributed by atoms with Crippen LogP contribution in [0.4, 0.5) is 0 Å². The second-order valence-electron chi connectivity index (χ2n) is 7.35. The van der Waals surface area contributed by atoms with E-state index in [4.69, 9.17) is 14.6 Å². The van der Waals surface area contributed by atoms with Gasteiger partial charge in [-0.05, 0) is 61.1 Å². The van der Waals surface area contributed by atoms with Gasteiger partial charge in [0.05, 0.1) is 13.2 Å². The van der Waals surface area contributed by atoms with E-state index < -0.39 is 0 Å². The summed E-state index contributed by atoms with van der Waals surface area (Å²) in [5, 5.41) is 9.13. The Kier molecular flexibility index (Phi) is 8.47. The predicted molar refractivity (Wildman–Crippen MR) is 117 cm³/mol. The summed E-state index contributed by atoms with van der Waals surface area (Å²) in [6.07, 6.45) is 2.74. The van der Waals surface area contributed by atoms with E-state index in [0.29, 0.717) is 17.7 Å². The van der Waals surface area contributed by atoms with Gasteiger partial charge in [-0.1, -0.05) is 44.2 Å². The minimum atomic E-state index is -0.390. The Labute approximate surface area is 174 Å². The Hall–Kier alpha value is -2.59. The number of rotatable bonds is 10. The first kappa shape index (κ1) is 22.7. The molecule has 0 unspecified atom stereocenters. The molecule has 1 N–H and O–H groups in total. The molecule has 0 atom stereocenters. The Morgan fingerprint density at radius 2 is 1.79 bits per heavy atom. The summed E-state index contributed by atoms with van der Waals surface area (Å²) < 4.78 is 11.0. The second-order valence-corrected chi connectivity index (χ2v) is 7.35. The van der Waals surface area contributed by atoms with Crippen molar-refractivity contribution in [1.82, 2.24) is 0 Å². The summed E-state index contributed by atoms with van der Waals surface area (Å²) in [7, 11) is 0. The molecular weight excluding hydrogens is 364 g/mol. The minimum Gasteiger partial charge on any atom is -0.491 e. The first-order valence-corrected chi connectivity index (χ1v) is 10.2. The number of ether oxygens (including phenoxy) is 2. The SMILES string of the molecule is C=C(C)C(=O)OCCc1c(OCCO)ccc(-c2ccc(CCC)cc2C)c1C. The van der Waals surface area contributed by atoms with Crippen molar-refractivity contribution in [2.45, 2.75) is 47.0 Å². The van der Waals surface area contributed by atoms with Crippen LogP contribution in [-0.2, 0) is 22.4 Å². The molecule has 0 aliphatic rings. The molecule has 0 fully saturated rings. The normalized spacial score (nSPS) is 10.7. The van der Waals surface area contributed by atoms with Gasteiger partial charge < -0.3 is 14.6 Å². The summed E-state index contributed by atoms with van der Waals surface area (Å²) in [5.74, 6) is 0.325. The fourth-order valence-corrected chi connectivity index (χ4v) is 3.47. The van der Waals surface area contributed by atoms with Crippen molar-refractivity contribution in [1.29, 1.82) is 0 Å². The highest BCUT2D eigenvalue weighted by Gasteiger charge is 2.15. The van der Waals surface area contributed by atoms with Crippen molar-refractivity contribution in [2.24, 2.45) is 0 Å². The van der Waals surface area contributed by atoms with Gasteiger partial charge in [-0.2, -0.15) is 0 Å². The van der Waals surface area contributed by atoms with Gasteiger partial charge in [0.25, 0.3) is 0 Å². The highest BCUT2D eigenvalue weighted by molar-refractivity contribution is 5.86. The molecule has 0 heterocycles. The number of carbonyl (C=O) groups is 1. The lowest BCUT2D eigenvalue weighted by molar-refractivity contribution is -0.138. The maximum Gasteiger partial charge on any atom is 0.333 e. The first-order chi connectivity index (χ1) is 13.9. The number of aryl methyl sites for hydroxylation is 2. The number of carbonyl (C=O) groups excluding carboxylic acids is 1. The van der Waals surface area contributed by atoms with Gasteiger partial charge in [0.15, 0.2) is 0 Å². The quantitative estimate of drug-likeness (QED) is 0.456. The van der Waals surface area contributed by atoms with Gasteiger partial charge >= 0.3 is 5.97 Å². The standard InChI is InChI=1S/C25H32O4/c1-6-7-20-8-9-21(18(4)16-20)22-10-11-24(28-15-13-26)23(19(22)5)12-14-29-25(27)17(2)3/h8-11,16,26H,2,6-7,12-15H2,1,3-5H3. The third-order valence-corrected chi connectivity index (χ3v) is 4.96.